The van der Waals surface area contributed by atoms with Crippen LogP contribution in [0.5, 0.6) is 11.5 Å². The van der Waals surface area contributed by atoms with Gasteiger partial charge in [-0.15, -0.1) is 11.8 Å². The van der Waals surface area contributed by atoms with Crippen molar-refractivity contribution in [2.45, 2.75) is 18.4 Å². The quantitative estimate of drug-likeness (QED) is 0.222. The fraction of sp³-hybridized carbons (Fsp3) is 0.167. The van der Waals surface area contributed by atoms with Crippen molar-refractivity contribution in [1.29, 1.82) is 5.26 Å². The van der Waals surface area contributed by atoms with Crippen molar-refractivity contribution in [2.24, 2.45) is 0 Å². The first-order chi connectivity index (χ1) is 18.4. The van der Waals surface area contributed by atoms with Crippen molar-refractivity contribution in [3.63, 3.8) is 0 Å². The molecule has 0 atom stereocenters. The molecule has 1 amide bonds. The van der Waals surface area contributed by atoms with E-state index in [2.05, 4.69) is 11.4 Å². The summed E-state index contributed by atoms with van der Waals surface area (Å²) in [6.45, 7) is 2.03. The topological polar surface area (TPSA) is 84.2 Å². The van der Waals surface area contributed by atoms with Crippen LogP contribution >= 0.6 is 23.4 Å². The molecule has 0 unspecified atom stereocenters. The second-order valence-corrected chi connectivity index (χ2v) is 9.90. The van der Waals surface area contributed by atoms with Crippen LogP contribution in [0.15, 0.2) is 77.8 Å². The summed E-state index contributed by atoms with van der Waals surface area (Å²) in [5.74, 6) is 1.10. The third-order valence-corrected chi connectivity index (χ3v) is 7.12. The van der Waals surface area contributed by atoms with E-state index >= 15 is 0 Å². The van der Waals surface area contributed by atoms with Gasteiger partial charge in [-0.05, 0) is 24.6 Å². The minimum absolute atomic E-state index is 0.194. The fourth-order valence-corrected chi connectivity index (χ4v) is 5.05. The number of carbonyl (C=O) groups is 1. The maximum Gasteiger partial charge on any atom is 0.225 e. The number of pyridine rings is 1. The number of carbonyl (C=O) groups excluding carboxylic acids is 1. The smallest absolute Gasteiger partial charge is 0.225 e. The molecule has 3 aromatic carbocycles. The van der Waals surface area contributed by atoms with Gasteiger partial charge in [-0.2, -0.15) is 5.26 Å². The maximum absolute atomic E-state index is 12.8. The SMILES string of the molecule is COc1cc(OC)c(NC(=O)CCSc2nc(-c3ccccc3)cc(-c3ccc(C)cc3)c2C#N)cc1Cl. The number of nitriles is 1. The number of ether oxygens (including phenoxy) is 2. The Kier molecular flexibility index (Phi) is 8.90. The fourth-order valence-electron chi connectivity index (χ4n) is 3.86. The third kappa shape index (κ3) is 6.28. The summed E-state index contributed by atoms with van der Waals surface area (Å²) in [5, 5.41) is 13.9. The molecule has 0 saturated heterocycles. The van der Waals surface area contributed by atoms with Crippen LogP contribution < -0.4 is 14.8 Å². The van der Waals surface area contributed by atoms with E-state index in [4.69, 9.17) is 26.1 Å². The van der Waals surface area contributed by atoms with Gasteiger partial charge < -0.3 is 14.8 Å². The molecule has 0 aliphatic carbocycles. The highest BCUT2D eigenvalue weighted by molar-refractivity contribution is 7.99. The lowest BCUT2D eigenvalue weighted by Gasteiger charge is -2.14. The van der Waals surface area contributed by atoms with Crippen molar-refractivity contribution in [3.8, 4) is 40.0 Å². The molecular formula is C30H26ClN3O3S. The minimum atomic E-state index is -0.214. The molecule has 1 heterocycles. The Balaban J connectivity index is 1.58. The first kappa shape index (κ1) is 27.1. The van der Waals surface area contributed by atoms with Crippen LogP contribution in [-0.2, 0) is 4.79 Å². The number of hydrogen-bond acceptors (Lipinski definition) is 6. The predicted octanol–water partition coefficient (Wildman–Crippen LogP) is 7.39. The van der Waals surface area contributed by atoms with E-state index in [1.165, 1.54) is 26.0 Å². The van der Waals surface area contributed by atoms with E-state index in [9.17, 15) is 10.1 Å². The van der Waals surface area contributed by atoms with Gasteiger partial charge in [-0.1, -0.05) is 71.8 Å². The van der Waals surface area contributed by atoms with E-state index in [0.717, 1.165) is 27.9 Å². The van der Waals surface area contributed by atoms with Gasteiger partial charge in [0.25, 0.3) is 0 Å². The number of nitrogens with zero attached hydrogens (tertiary/aromatic N) is 2. The lowest BCUT2D eigenvalue weighted by molar-refractivity contribution is -0.115. The highest BCUT2D eigenvalue weighted by Gasteiger charge is 2.17. The minimum Gasteiger partial charge on any atom is -0.495 e. The van der Waals surface area contributed by atoms with Gasteiger partial charge in [-0.3, -0.25) is 4.79 Å². The van der Waals surface area contributed by atoms with Crippen LogP contribution in [0.2, 0.25) is 5.02 Å². The first-order valence-corrected chi connectivity index (χ1v) is 13.2. The van der Waals surface area contributed by atoms with Gasteiger partial charge in [0, 0.05) is 29.4 Å². The van der Waals surface area contributed by atoms with Crippen LogP contribution in [0.4, 0.5) is 5.69 Å². The maximum atomic E-state index is 12.8. The highest BCUT2D eigenvalue weighted by Crippen LogP contribution is 2.37. The van der Waals surface area contributed by atoms with E-state index in [0.29, 0.717) is 38.6 Å². The molecule has 192 valence electrons. The summed E-state index contributed by atoms with van der Waals surface area (Å²) in [7, 11) is 3.02. The summed E-state index contributed by atoms with van der Waals surface area (Å²) in [6.07, 6.45) is 0.194. The second kappa shape index (κ2) is 12.5. The Morgan fingerprint density at radius 1 is 1.00 bits per heavy atom. The molecule has 0 spiro atoms. The summed E-state index contributed by atoms with van der Waals surface area (Å²) in [4.78, 5) is 17.6. The van der Waals surface area contributed by atoms with E-state index in [1.54, 1.807) is 12.1 Å². The van der Waals surface area contributed by atoms with E-state index < -0.39 is 0 Å². The molecule has 0 fully saturated rings. The zero-order chi connectivity index (χ0) is 27.1. The molecule has 1 N–H and O–H groups in total. The summed E-state index contributed by atoms with van der Waals surface area (Å²) in [6, 6.07) is 25.4. The summed E-state index contributed by atoms with van der Waals surface area (Å²) in [5.41, 5.74) is 5.55. The van der Waals surface area contributed by atoms with Crippen molar-refractivity contribution in [3.05, 3.63) is 88.9 Å². The van der Waals surface area contributed by atoms with Crippen LogP contribution in [0, 0.1) is 18.3 Å². The number of thioether (sulfide) groups is 1. The van der Waals surface area contributed by atoms with Gasteiger partial charge in [0.05, 0.1) is 36.2 Å². The Bertz CT molecular complexity index is 1490. The molecule has 1 aromatic heterocycles. The molecule has 0 aliphatic heterocycles. The molecule has 6 nitrogen and oxygen atoms in total. The Morgan fingerprint density at radius 2 is 1.71 bits per heavy atom. The molecule has 4 aromatic rings. The van der Waals surface area contributed by atoms with Crippen LogP contribution in [0.3, 0.4) is 0 Å². The predicted molar refractivity (Wildman–Crippen MR) is 153 cm³/mol. The monoisotopic (exact) mass is 543 g/mol. The van der Waals surface area contributed by atoms with Crippen molar-refractivity contribution < 1.29 is 14.3 Å². The Hall–Kier alpha value is -3.99. The normalized spacial score (nSPS) is 10.5. The Labute approximate surface area is 231 Å². The molecule has 0 bridgehead atoms. The number of halogens is 1. The molecule has 38 heavy (non-hydrogen) atoms. The van der Waals surface area contributed by atoms with Crippen molar-refractivity contribution in [2.75, 3.05) is 25.3 Å². The number of amides is 1. The van der Waals surface area contributed by atoms with Crippen molar-refractivity contribution in [1.82, 2.24) is 4.98 Å². The molecule has 0 radical (unpaired) electrons. The second-order valence-electron chi connectivity index (χ2n) is 8.41. The number of anilines is 1. The molecular weight excluding hydrogens is 518 g/mol. The number of nitrogens with one attached hydrogen (secondary N) is 1. The average molecular weight is 544 g/mol. The lowest BCUT2D eigenvalue weighted by Crippen LogP contribution is -2.13. The third-order valence-electron chi connectivity index (χ3n) is 5.85. The standard InChI is InChI=1S/C30H26ClN3O3S/c1-19-9-11-20(12-10-19)22-15-25(21-7-5-4-6-8-21)34-30(23(22)18-32)38-14-13-29(35)33-26-16-24(31)27(36-2)17-28(26)37-3/h4-12,15-17H,13-14H2,1-3H3,(H,33,35). The van der Waals surface area contributed by atoms with E-state index in [-0.39, 0.29) is 12.3 Å². The zero-order valence-corrected chi connectivity index (χ0v) is 22.8. The average Bonchev–Trinajstić information content (AvgIpc) is 2.93. The van der Waals surface area contributed by atoms with E-state index in [1.807, 2.05) is 67.6 Å². The van der Waals surface area contributed by atoms with Gasteiger partial charge in [0.2, 0.25) is 5.91 Å². The van der Waals surface area contributed by atoms with Gasteiger partial charge in [0.15, 0.2) is 0 Å². The van der Waals surface area contributed by atoms with Gasteiger partial charge >= 0.3 is 0 Å². The van der Waals surface area contributed by atoms with Crippen LogP contribution in [0.25, 0.3) is 22.4 Å². The highest BCUT2D eigenvalue weighted by atomic mass is 35.5. The number of aromatic nitrogens is 1. The van der Waals surface area contributed by atoms with Crippen molar-refractivity contribution >= 4 is 35.0 Å². The number of rotatable bonds is 9. The molecule has 8 heteroatoms. The molecule has 0 aliphatic rings. The van der Waals surface area contributed by atoms with Gasteiger partial charge in [-0.25, -0.2) is 4.98 Å². The van der Waals surface area contributed by atoms with Gasteiger partial charge in [0.1, 0.15) is 22.6 Å². The van der Waals surface area contributed by atoms with Crippen LogP contribution in [-0.4, -0.2) is 30.9 Å². The zero-order valence-electron chi connectivity index (χ0n) is 21.2. The Morgan fingerprint density at radius 3 is 2.37 bits per heavy atom. The summed E-state index contributed by atoms with van der Waals surface area (Å²) >= 11 is 7.60. The molecule has 4 rings (SSSR count). The van der Waals surface area contributed by atoms with Crippen LogP contribution in [0.1, 0.15) is 17.5 Å². The lowest BCUT2D eigenvalue weighted by atomic mass is 9.98. The number of hydrogen-bond donors (Lipinski definition) is 1. The number of methoxy groups -OCH3 is 2. The first-order valence-electron chi connectivity index (χ1n) is 11.8. The number of benzene rings is 3. The molecule has 0 saturated carbocycles. The number of aryl methyl sites for hydroxylation is 1. The summed E-state index contributed by atoms with van der Waals surface area (Å²) < 4.78 is 10.6. The largest absolute Gasteiger partial charge is 0.495 e.